The molecule has 0 spiro atoms. The first kappa shape index (κ1) is 16.5. The zero-order valence-corrected chi connectivity index (χ0v) is 13.6. The number of carbonyl (C=O) groups excluding carboxylic acids is 2. The maximum atomic E-state index is 12.2. The molecule has 1 saturated heterocycles. The lowest BCUT2D eigenvalue weighted by atomic mass is 10.0. The van der Waals surface area contributed by atoms with E-state index in [1.165, 1.54) is 12.8 Å². The molecule has 4 heteroatoms. The van der Waals surface area contributed by atoms with Crippen LogP contribution in [0.2, 0.25) is 0 Å². The van der Waals surface area contributed by atoms with Crippen LogP contribution in [0.15, 0.2) is 24.3 Å². The summed E-state index contributed by atoms with van der Waals surface area (Å²) in [6.07, 6.45) is 4.38. The second-order valence-electron chi connectivity index (χ2n) is 6.26. The number of amides is 2. The Morgan fingerprint density at radius 1 is 1.09 bits per heavy atom. The van der Waals surface area contributed by atoms with E-state index in [4.69, 9.17) is 0 Å². The van der Waals surface area contributed by atoms with Crippen molar-refractivity contribution in [2.45, 2.75) is 51.9 Å². The molecule has 0 unspecified atom stereocenters. The molecule has 0 radical (unpaired) electrons. The zero-order valence-electron chi connectivity index (χ0n) is 13.6. The van der Waals surface area contributed by atoms with Crippen molar-refractivity contribution in [2.24, 2.45) is 0 Å². The van der Waals surface area contributed by atoms with Gasteiger partial charge in [0.25, 0.3) is 0 Å². The lowest BCUT2D eigenvalue weighted by Crippen LogP contribution is -2.34. The lowest BCUT2D eigenvalue weighted by Gasteiger charge is -2.20. The third-order valence-corrected chi connectivity index (χ3v) is 4.13. The Morgan fingerprint density at radius 2 is 1.73 bits per heavy atom. The van der Waals surface area contributed by atoms with E-state index in [0.29, 0.717) is 5.92 Å². The average Bonchev–Trinajstić information content (AvgIpc) is 2.76. The number of nitrogens with zero attached hydrogens (tertiary/aromatic N) is 1. The molecular weight excluding hydrogens is 276 g/mol. The fourth-order valence-electron chi connectivity index (χ4n) is 2.88. The number of anilines is 1. The quantitative estimate of drug-likeness (QED) is 0.865. The van der Waals surface area contributed by atoms with Crippen LogP contribution in [-0.4, -0.2) is 29.8 Å². The third kappa shape index (κ3) is 4.58. The van der Waals surface area contributed by atoms with Crippen molar-refractivity contribution in [3.8, 4) is 0 Å². The predicted molar refractivity (Wildman–Crippen MR) is 88.8 cm³/mol. The highest BCUT2D eigenvalue weighted by Crippen LogP contribution is 2.23. The molecule has 120 valence electrons. The summed E-state index contributed by atoms with van der Waals surface area (Å²) in [5.41, 5.74) is 1.91. The van der Waals surface area contributed by atoms with Gasteiger partial charge in [0.1, 0.15) is 6.42 Å². The van der Waals surface area contributed by atoms with E-state index in [1.54, 1.807) is 0 Å². The molecule has 1 aromatic rings. The molecule has 0 bridgehead atoms. The maximum Gasteiger partial charge on any atom is 0.233 e. The second kappa shape index (κ2) is 7.97. The van der Waals surface area contributed by atoms with Crippen LogP contribution >= 0.6 is 0 Å². The van der Waals surface area contributed by atoms with Gasteiger partial charge in [-0.05, 0) is 30.4 Å². The average molecular weight is 302 g/mol. The molecule has 1 fully saturated rings. The van der Waals surface area contributed by atoms with Crippen LogP contribution in [0, 0.1) is 0 Å². The largest absolute Gasteiger partial charge is 0.342 e. The molecule has 1 heterocycles. The molecule has 2 amide bonds. The van der Waals surface area contributed by atoms with Gasteiger partial charge in [0.05, 0.1) is 0 Å². The highest BCUT2D eigenvalue weighted by Gasteiger charge is 2.19. The van der Waals surface area contributed by atoms with Gasteiger partial charge in [-0.15, -0.1) is 0 Å². The number of hydrogen-bond acceptors (Lipinski definition) is 2. The number of carbonyl (C=O) groups is 2. The van der Waals surface area contributed by atoms with E-state index in [1.807, 2.05) is 29.2 Å². The SMILES string of the molecule is CC(C)c1ccccc1NC(=O)CC(=O)N1CCCCCC1. The Hall–Kier alpha value is -1.84. The molecule has 2 rings (SSSR count). The van der Waals surface area contributed by atoms with Crippen molar-refractivity contribution in [1.29, 1.82) is 0 Å². The number of rotatable bonds is 4. The van der Waals surface area contributed by atoms with Crippen LogP contribution in [0.1, 0.15) is 57.4 Å². The van der Waals surface area contributed by atoms with Crippen molar-refractivity contribution in [3.63, 3.8) is 0 Å². The third-order valence-electron chi connectivity index (χ3n) is 4.13. The van der Waals surface area contributed by atoms with Crippen LogP contribution in [-0.2, 0) is 9.59 Å². The number of nitrogens with one attached hydrogen (secondary N) is 1. The topological polar surface area (TPSA) is 49.4 Å². The van der Waals surface area contributed by atoms with E-state index in [0.717, 1.165) is 37.2 Å². The van der Waals surface area contributed by atoms with Gasteiger partial charge in [0.2, 0.25) is 11.8 Å². The second-order valence-corrected chi connectivity index (χ2v) is 6.26. The Morgan fingerprint density at radius 3 is 2.36 bits per heavy atom. The van der Waals surface area contributed by atoms with Crippen molar-refractivity contribution < 1.29 is 9.59 Å². The van der Waals surface area contributed by atoms with Gasteiger partial charge < -0.3 is 10.2 Å². The molecule has 1 aliphatic heterocycles. The summed E-state index contributed by atoms with van der Waals surface area (Å²) >= 11 is 0. The zero-order chi connectivity index (χ0) is 15.9. The van der Waals surface area contributed by atoms with Gasteiger partial charge in [-0.2, -0.15) is 0 Å². The molecule has 1 N–H and O–H groups in total. The number of likely N-dealkylation sites (tertiary alicyclic amines) is 1. The van der Waals surface area contributed by atoms with Gasteiger partial charge in [0, 0.05) is 18.8 Å². The Bertz CT molecular complexity index is 518. The summed E-state index contributed by atoms with van der Waals surface area (Å²) in [6.45, 7) is 5.75. The number of hydrogen-bond donors (Lipinski definition) is 1. The van der Waals surface area contributed by atoms with E-state index >= 15 is 0 Å². The highest BCUT2D eigenvalue weighted by molar-refractivity contribution is 6.03. The maximum absolute atomic E-state index is 12.2. The van der Waals surface area contributed by atoms with Crippen molar-refractivity contribution in [3.05, 3.63) is 29.8 Å². The van der Waals surface area contributed by atoms with Crippen molar-refractivity contribution >= 4 is 17.5 Å². The van der Waals surface area contributed by atoms with Gasteiger partial charge in [-0.1, -0.05) is 44.9 Å². The molecule has 0 aromatic heterocycles. The van der Waals surface area contributed by atoms with Crippen LogP contribution in [0.5, 0.6) is 0 Å². The van der Waals surface area contributed by atoms with Gasteiger partial charge in [-0.25, -0.2) is 0 Å². The van der Waals surface area contributed by atoms with Crippen LogP contribution in [0.25, 0.3) is 0 Å². The van der Waals surface area contributed by atoms with Crippen molar-refractivity contribution in [2.75, 3.05) is 18.4 Å². The Labute approximate surface area is 132 Å². The first-order valence-corrected chi connectivity index (χ1v) is 8.24. The van der Waals surface area contributed by atoms with Crippen LogP contribution in [0.4, 0.5) is 5.69 Å². The molecule has 4 nitrogen and oxygen atoms in total. The molecule has 1 aromatic carbocycles. The molecule has 1 aliphatic rings. The first-order valence-electron chi connectivity index (χ1n) is 8.24. The first-order chi connectivity index (χ1) is 10.6. The van der Waals surface area contributed by atoms with E-state index in [-0.39, 0.29) is 18.2 Å². The molecule has 0 aliphatic carbocycles. The summed E-state index contributed by atoms with van der Waals surface area (Å²) in [5, 5.41) is 2.89. The summed E-state index contributed by atoms with van der Waals surface area (Å²) < 4.78 is 0. The highest BCUT2D eigenvalue weighted by atomic mass is 16.2. The minimum absolute atomic E-state index is 0.0542. The fraction of sp³-hybridized carbons (Fsp3) is 0.556. The summed E-state index contributed by atoms with van der Waals surface area (Å²) in [5.74, 6) is 0.0570. The van der Waals surface area contributed by atoms with Crippen molar-refractivity contribution in [1.82, 2.24) is 4.90 Å². The van der Waals surface area contributed by atoms with Gasteiger partial charge >= 0.3 is 0 Å². The number of para-hydroxylation sites is 1. The minimum Gasteiger partial charge on any atom is -0.342 e. The minimum atomic E-state index is -0.220. The Kier molecular flexibility index (Phi) is 5.99. The molecule has 22 heavy (non-hydrogen) atoms. The van der Waals surface area contributed by atoms with Crippen LogP contribution < -0.4 is 5.32 Å². The summed E-state index contributed by atoms with van der Waals surface area (Å²) in [4.78, 5) is 26.2. The monoisotopic (exact) mass is 302 g/mol. The molecular formula is C18H26N2O2. The molecule has 0 saturated carbocycles. The van der Waals surface area contributed by atoms with Gasteiger partial charge in [0.15, 0.2) is 0 Å². The van der Waals surface area contributed by atoms with E-state index in [9.17, 15) is 9.59 Å². The smallest absolute Gasteiger partial charge is 0.233 e. The lowest BCUT2D eigenvalue weighted by molar-refractivity contribution is -0.134. The van der Waals surface area contributed by atoms with E-state index < -0.39 is 0 Å². The molecule has 0 atom stereocenters. The number of benzene rings is 1. The standard InChI is InChI=1S/C18H26N2O2/c1-14(2)15-9-5-6-10-16(15)19-17(21)13-18(22)20-11-7-3-4-8-12-20/h5-6,9-10,14H,3-4,7-8,11-13H2,1-2H3,(H,19,21). The summed E-state index contributed by atoms with van der Waals surface area (Å²) in [6, 6.07) is 7.77. The van der Waals surface area contributed by atoms with Gasteiger partial charge in [-0.3, -0.25) is 9.59 Å². The Balaban J connectivity index is 1.94. The van der Waals surface area contributed by atoms with Crippen LogP contribution in [0.3, 0.4) is 0 Å². The fourth-order valence-corrected chi connectivity index (χ4v) is 2.88. The normalized spacial score (nSPS) is 15.5. The summed E-state index contributed by atoms with van der Waals surface area (Å²) in [7, 11) is 0. The predicted octanol–water partition coefficient (Wildman–Crippen LogP) is 3.54. The van der Waals surface area contributed by atoms with E-state index in [2.05, 4.69) is 19.2 Å².